The van der Waals surface area contributed by atoms with E-state index in [9.17, 15) is 29.4 Å². The lowest BCUT2D eigenvalue weighted by Gasteiger charge is -2.14. The number of nitrogen functional groups attached to an aromatic ring is 1. The summed E-state index contributed by atoms with van der Waals surface area (Å²) in [6.45, 7) is 0. The first kappa shape index (κ1) is 19.0. The lowest BCUT2D eigenvalue weighted by atomic mass is 9.95. The molecule has 0 saturated heterocycles. The number of nitrogens with two attached hydrogens (primary N) is 1. The number of nitrogens with one attached hydrogen (secondary N) is 1. The molecule has 0 unspecified atom stereocenters. The number of aromatic carboxylic acids is 2. The minimum atomic E-state index is -1.62. The number of esters is 1. The molecule has 1 fully saturated rings. The van der Waals surface area contributed by atoms with Gasteiger partial charge in [0.15, 0.2) is 11.5 Å². The van der Waals surface area contributed by atoms with Gasteiger partial charge in [-0.05, 0) is 30.5 Å². The molecule has 1 heterocycles. The van der Waals surface area contributed by atoms with E-state index in [0.717, 1.165) is 12.8 Å². The van der Waals surface area contributed by atoms with Gasteiger partial charge in [0, 0.05) is 5.56 Å². The summed E-state index contributed by atoms with van der Waals surface area (Å²) in [6, 6.07) is 3.94. The molecule has 28 heavy (non-hydrogen) atoms. The molecule has 3 rings (SSSR count). The molecule has 0 amide bonds. The number of carbonyl (C=O) groups is 3. The standard InChI is InChI=1S/C18H16N2O8/c1-27-10-6-8(4-5-9(10)28-18(26)7-2-3-7)11-12(16(22)23)14(19)20-15(21)13(11)17(24)25/h4-7H,2-3H2,1H3,(H,22,23)(H,24,25)(H3,19,20,21). The van der Waals surface area contributed by atoms with Crippen LogP contribution in [-0.4, -0.2) is 40.2 Å². The van der Waals surface area contributed by atoms with Crippen LogP contribution in [0, 0.1) is 5.92 Å². The number of rotatable bonds is 6. The molecule has 0 bridgehead atoms. The van der Waals surface area contributed by atoms with Crippen molar-refractivity contribution < 1.29 is 34.1 Å². The molecule has 5 N–H and O–H groups in total. The highest BCUT2D eigenvalue weighted by Gasteiger charge is 2.32. The summed E-state index contributed by atoms with van der Waals surface area (Å²) in [4.78, 5) is 49.2. The maximum Gasteiger partial charge on any atom is 0.342 e. The SMILES string of the molecule is COc1cc(-c2c(C(=O)O)c(N)[nH]c(=O)c2C(=O)O)ccc1OC(=O)C1CC1. The van der Waals surface area contributed by atoms with Gasteiger partial charge in [-0.15, -0.1) is 0 Å². The van der Waals surface area contributed by atoms with Gasteiger partial charge in [-0.1, -0.05) is 6.07 Å². The van der Waals surface area contributed by atoms with Crippen molar-refractivity contribution in [2.24, 2.45) is 5.92 Å². The van der Waals surface area contributed by atoms with Gasteiger partial charge in [-0.25, -0.2) is 9.59 Å². The number of aromatic amines is 1. The molecule has 0 spiro atoms. The number of methoxy groups -OCH3 is 1. The normalized spacial score (nSPS) is 13.0. The fourth-order valence-corrected chi connectivity index (χ4v) is 2.75. The highest BCUT2D eigenvalue weighted by Crippen LogP contribution is 2.38. The van der Waals surface area contributed by atoms with E-state index in [4.69, 9.17) is 15.2 Å². The Morgan fingerprint density at radius 3 is 2.29 bits per heavy atom. The molecule has 10 nitrogen and oxygen atoms in total. The molecule has 146 valence electrons. The van der Waals surface area contributed by atoms with E-state index in [1.807, 2.05) is 4.98 Å². The van der Waals surface area contributed by atoms with Crippen molar-refractivity contribution in [2.75, 3.05) is 12.8 Å². The zero-order valence-electron chi connectivity index (χ0n) is 14.6. The Morgan fingerprint density at radius 2 is 1.75 bits per heavy atom. The van der Waals surface area contributed by atoms with Crippen LogP contribution in [0.15, 0.2) is 23.0 Å². The van der Waals surface area contributed by atoms with Crippen LogP contribution in [0.1, 0.15) is 33.6 Å². The fourth-order valence-electron chi connectivity index (χ4n) is 2.75. The van der Waals surface area contributed by atoms with Gasteiger partial charge in [-0.3, -0.25) is 9.59 Å². The second-order valence-electron chi connectivity index (χ2n) is 6.16. The van der Waals surface area contributed by atoms with Crippen LogP contribution in [0.4, 0.5) is 5.82 Å². The number of aromatic nitrogens is 1. The zero-order valence-corrected chi connectivity index (χ0v) is 14.6. The third kappa shape index (κ3) is 3.39. The van der Waals surface area contributed by atoms with Crippen LogP contribution in [0.5, 0.6) is 11.5 Å². The third-order valence-corrected chi connectivity index (χ3v) is 4.25. The summed E-state index contributed by atoms with van der Waals surface area (Å²) in [7, 11) is 1.30. The number of ether oxygens (including phenoxy) is 2. The Bertz CT molecular complexity index is 1050. The average molecular weight is 388 g/mol. The van der Waals surface area contributed by atoms with Gasteiger partial charge in [-0.2, -0.15) is 0 Å². The maximum absolute atomic E-state index is 12.1. The Hall–Kier alpha value is -3.82. The highest BCUT2D eigenvalue weighted by atomic mass is 16.6. The number of anilines is 1. The van der Waals surface area contributed by atoms with Crippen molar-refractivity contribution in [1.82, 2.24) is 4.98 Å². The monoisotopic (exact) mass is 388 g/mol. The average Bonchev–Trinajstić information content (AvgIpc) is 3.45. The molecule has 1 aliphatic rings. The van der Waals surface area contributed by atoms with Crippen LogP contribution < -0.4 is 20.8 Å². The van der Waals surface area contributed by atoms with Crippen molar-refractivity contribution in [1.29, 1.82) is 0 Å². The van der Waals surface area contributed by atoms with Crippen molar-refractivity contribution >= 4 is 23.7 Å². The lowest BCUT2D eigenvalue weighted by molar-refractivity contribution is -0.135. The smallest absolute Gasteiger partial charge is 0.342 e. The second kappa shape index (κ2) is 7.06. The van der Waals surface area contributed by atoms with Crippen LogP contribution in [0.2, 0.25) is 0 Å². The molecular weight excluding hydrogens is 372 g/mol. The second-order valence-corrected chi connectivity index (χ2v) is 6.16. The molecule has 0 radical (unpaired) electrons. The number of H-pyrrole nitrogens is 1. The minimum Gasteiger partial charge on any atom is -0.493 e. The van der Waals surface area contributed by atoms with Gasteiger partial charge in [0.2, 0.25) is 0 Å². The van der Waals surface area contributed by atoms with E-state index in [1.165, 1.54) is 25.3 Å². The highest BCUT2D eigenvalue weighted by molar-refractivity contribution is 6.07. The molecule has 0 atom stereocenters. The van der Waals surface area contributed by atoms with Gasteiger partial charge in [0.25, 0.3) is 5.56 Å². The molecule has 0 aliphatic heterocycles. The quantitative estimate of drug-likeness (QED) is 0.421. The maximum atomic E-state index is 12.1. The first-order chi connectivity index (χ1) is 13.2. The van der Waals surface area contributed by atoms with E-state index in [0.29, 0.717) is 0 Å². The predicted molar refractivity (Wildman–Crippen MR) is 95.7 cm³/mol. The van der Waals surface area contributed by atoms with Crippen molar-refractivity contribution in [3.8, 4) is 22.6 Å². The van der Waals surface area contributed by atoms with Crippen LogP contribution in [-0.2, 0) is 4.79 Å². The zero-order chi connectivity index (χ0) is 20.6. The van der Waals surface area contributed by atoms with E-state index in [2.05, 4.69) is 0 Å². The van der Waals surface area contributed by atoms with Crippen molar-refractivity contribution in [3.63, 3.8) is 0 Å². The number of benzene rings is 1. The number of carboxylic acid groups (broad SMARTS) is 2. The lowest BCUT2D eigenvalue weighted by Crippen LogP contribution is -2.24. The van der Waals surface area contributed by atoms with Gasteiger partial charge < -0.3 is 30.4 Å². The summed E-state index contributed by atoms with van der Waals surface area (Å²) in [5.74, 6) is -4.04. The van der Waals surface area contributed by atoms with E-state index < -0.39 is 40.4 Å². The summed E-state index contributed by atoms with van der Waals surface area (Å²) >= 11 is 0. The third-order valence-electron chi connectivity index (χ3n) is 4.25. The van der Waals surface area contributed by atoms with Crippen molar-refractivity contribution in [3.05, 3.63) is 39.7 Å². The first-order valence-electron chi connectivity index (χ1n) is 8.17. The molecule has 1 aromatic heterocycles. The summed E-state index contributed by atoms with van der Waals surface area (Å²) in [5, 5.41) is 18.9. The molecule has 10 heteroatoms. The topological polar surface area (TPSA) is 169 Å². The largest absolute Gasteiger partial charge is 0.493 e. The summed E-state index contributed by atoms with van der Waals surface area (Å²) in [5.41, 5.74) is 2.89. The minimum absolute atomic E-state index is 0.0515. The summed E-state index contributed by atoms with van der Waals surface area (Å²) < 4.78 is 10.4. The Kier molecular flexibility index (Phi) is 4.78. The predicted octanol–water partition coefficient (Wildman–Crippen LogP) is 1.34. The van der Waals surface area contributed by atoms with Crippen LogP contribution >= 0.6 is 0 Å². The first-order valence-corrected chi connectivity index (χ1v) is 8.17. The summed E-state index contributed by atoms with van der Waals surface area (Å²) in [6.07, 6.45) is 1.49. The molecule has 2 aromatic rings. The van der Waals surface area contributed by atoms with Crippen molar-refractivity contribution in [2.45, 2.75) is 12.8 Å². The van der Waals surface area contributed by atoms with Gasteiger partial charge in [0.05, 0.1) is 13.0 Å². The van der Waals surface area contributed by atoms with Gasteiger partial charge in [0.1, 0.15) is 16.9 Å². The van der Waals surface area contributed by atoms with Crippen LogP contribution in [0.25, 0.3) is 11.1 Å². The molecule has 1 aromatic carbocycles. The van der Waals surface area contributed by atoms with E-state index >= 15 is 0 Å². The molecule has 1 aliphatic carbocycles. The Morgan fingerprint density at radius 1 is 1.11 bits per heavy atom. The number of hydrogen-bond donors (Lipinski definition) is 4. The number of carboxylic acids is 2. The number of hydrogen-bond acceptors (Lipinski definition) is 7. The Balaban J connectivity index is 2.20. The number of pyridine rings is 1. The van der Waals surface area contributed by atoms with Crippen LogP contribution in [0.3, 0.4) is 0 Å². The fraction of sp³-hybridized carbons (Fsp3) is 0.222. The van der Waals surface area contributed by atoms with Gasteiger partial charge >= 0.3 is 17.9 Å². The number of carbonyl (C=O) groups excluding carboxylic acids is 1. The van der Waals surface area contributed by atoms with E-state index in [1.54, 1.807) is 0 Å². The Labute approximate surface area is 157 Å². The molecule has 1 saturated carbocycles. The van der Waals surface area contributed by atoms with E-state index in [-0.39, 0.29) is 28.5 Å². The molecular formula is C18H16N2O8.